The third kappa shape index (κ3) is 10.5. The van der Waals surface area contributed by atoms with Crippen molar-refractivity contribution in [2.75, 3.05) is 18.4 Å². The average molecular weight is 689 g/mol. The van der Waals surface area contributed by atoms with E-state index in [2.05, 4.69) is 27.9 Å². The van der Waals surface area contributed by atoms with Crippen LogP contribution in [0.5, 0.6) is 0 Å². The van der Waals surface area contributed by atoms with Gasteiger partial charge in [0, 0.05) is 25.7 Å². The van der Waals surface area contributed by atoms with Gasteiger partial charge in [0.15, 0.2) is 5.82 Å². The summed E-state index contributed by atoms with van der Waals surface area (Å²) in [4.78, 5) is 59.7. The van der Waals surface area contributed by atoms with Gasteiger partial charge >= 0.3 is 0 Å². The number of likely N-dealkylation sites (tertiary alicyclic amines) is 1. The predicted octanol–water partition coefficient (Wildman–Crippen LogP) is 3.87. The maximum Gasteiger partial charge on any atom is 0.250 e. The number of nitrogens with zero attached hydrogens (tertiary/aromatic N) is 3. The van der Waals surface area contributed by atoms with Crippen LogP contribution in [0.1, 0.15) is 64.6 Å². The molecule has 1 aliphatic heterocycles. The number of carbonyl (C=O) groups excluding carboxylic acids is 4. The molecule has 47 heavy (non-hydrogen) atoms. The van der Waals surface area contributed by atoms with Crippen molar-refractivity contribution >= 4 is 54.3 Å². The van der Waals surface area contributed by atoms with Gasteiger partial charge < -0.3 is 31.2 Å². The molecule has 13 heteroatoms. The fraction of sp³-hybridized carbons (Fsp3) is 0.441. The van der Waals surface area contributed by atoms with E-state index in [1.165, 1.54) is 6.33 Å². The molecule has 2 aromatic carbocycles. The Hall–Kier alpha value is -3.93. The van der Waals surface area contributed by atoms with Crippen LogP contribution in [-0.2, 0) is 25.6 Å². The lowest BCUT2D eigenvalue weighted by molar-refractivity contribution is -0.135. The Morgan fingerprint density at radius 3 is 2.06 bits per heavy atom. The fourth-order valence-corrected chi connectivity index (χ4v) is 5.13. The smallest absolute Gasteiger partial charge is 0.250 e. The maximum atomic E-state index is 13.8. The summed E-state index contributed by atoms with van der Waals surface area (Å²) in [6.07, 6.45) is 5.28. The highest BCUT2D eigenvalue weighted by molar-refractivity contribution is 5.99. The predicted molar refractivity (Wildman–Crippen MR) is 187 cm³/mol. The van der Waals surface area contributed by atoms with Crippen molar-refractivity contribution in [1.82, 2.24) is 25.1 Å². The molecule has 1 fully saturated rings. The van der Waals surface area contributed by atoms with Crippen LogP contribution in [0.15, 0.2) is 73.2 Å². The van der Waals surface area contributed by atoms with Crippen LogP contribution in [0.2, 0.25) is 0 Å². The average Bonchev–Trinajstić information content (AvgIpc) is 3.45. The standard InChI is InChI=1S/C34H45N7O4.2ClH/c1-23-16-18-40(19-17-23)30(43)28(25-14-10-7-11-15-25)41-21-27(36-22-41)38-29(42)26(20-24-12-8-6-9-13-24)37-32(45)34(4,5)39-31(44)33(2,3)35;;/h6-15,21-23,26,28H,16-20,35H2,1-5H3,(H,37,45)(H,38,42)(H,39,44);2*1H/t26-,28?;;/m1../s1. The summed E-state index contributed by atoms with van der Waals surface area (Å²) < 4.78 is 1.71. The number of hydrogen-bond donors (Lipinski definition) is 4. The Balaban J connectivity index is 0.00000384. The Morgan fingerprint density at radius 1 is 0.915 bits per heavy atom. The first-order valence-electron chi connectivity index (χ1n) is 15.4. The van der Waals surface area contributed by atoms with Crippen molar-refractivity contribution in [3.05, 3.63) is 84.3 Å². The van der Waals surface area contributed by atoms with E-state index in [4.69, 9.17) is 5.73 Å². The number of hydrogen-bond acceptors (Lipinski definition) is 6. The lowest BCUT2D eigenvalue weighted by Crippen LogP contribution is -2.62. The minimum absolute atomic E-state index is 0. The third-order valence-electron chi connectivity index (χ3n) is 8.08. The van der Waals surface area contributed by atoms with Crippen LogP contribution in [0.25, 0.3) is 0 Å². The van der Waals surface area contributed by atoms with E-state index in [9.17, 15) is 19.2 Å². The number of benzene rings is 2. The first-order chi connectivity index (χ1) is 21.2. The summed E-state index contributed by atoms with van der Waals surface area (Å²) in [5.41, 5.74) is 5.02. The van der Waals surface area contributed by atoms with Crippen LogP contribution in [-0.4, -0.2) is 68.3 Å². The highest BCUT2D eigenvalue weighted by Crippen LogP contribution is 2.26. The Bertz CT molecular complexity index is 1480. The molecule has 4 amide bonds. The monoisotopic (exact) mass is 687 g/mol. The van der Waals surface area contributed by atoms with Gasteiger partial charge in [0.2, 0.25) is 23.6 Å². The number of amides is 4. The number of halogens is 2. The molecule has 256 valence electrons. The second kappa shape index (κ2) is 16.8. The van der Waals surface area contributed by atoms with Gasteiger partial charge in [0.1, 0.15) is 17.6 Å². The fourth-order valence-electron chi connectivity index (χ4n) is 5.13. The zero-order valence-corrected chi connectivity index (χ0v) is 29.2. The molecule has 4 rings (SSSR count). The zero-order valence-electron chi connectivity index (χ0n) is 27.6. The summed E-state index contributed by atoms with van der Waals surface area (Å²) in [5.74, 6) is -0.747. The van der Waals surface area contributed by atoms with Gasteiger partial charge in [-0.05, 0) is 57.6 Å². The van der Waals surface area contributed by atoms with E-state index in [0.29, 0.717) is 19.0 Å². The zero-order chi connectivity index (χ0) is 32.8. The summed E-state index contributed by atoms with van der Waals surface area (Å²) in [7, 11) is 0. The van der Waals surface area contributed by atoms with Crippen LogP contribution in [0, 0.1) is 5.92 Å². The molecule has 11 nitrogen and oxygen atoms in total. The second-order valence-electron chi connectivity index (χ2n) is 13.0. The third-order valence-corrected chi connectivity index (χ3v) is 8.08. The molecule has 2 heterocycles. The number of carbonyl (C=O) groups is 4. The SMILES string of the molecule is CC1CCN(C(=O)C(c2ccccc2)n2cnc(NC(=O)[C@@H](Cc3ccccc3)NC(=O)C(C)(C)NC(=O)C(C)(C)N)c2)CC1.Cl.Cl. The van der Waals surface area contributed by atoms with Gasteiger partial charge in [0.05, 0.1) is 11.9 Å². The first kappa shape index (κ1) is 39.2. The van der Waals surface area contributed by atoms with Crippen molar-refractivity contribution in [3.63, 3.8) is 0 Å². The van der Waals surface area contributed by atoms with E-state index in [1.807, 2.05) is 65.6 Å². The number of anilines is 1. The molecule has 2 atom stereocenters. The van der Waals surface area contributed by atoms with E-state index >= 15 is 0 Å². The number of nitrogens with two attached hydrogens (primary N) is 1. The topological polar surface area (TPSA) is 151 Å². The highest BCUT2D eigenvalue weighted by atomic mass is 35.5. The van der Waals surface area contributed by atoms with Gasteiger partial charge in [-0.3, -0.25) is 19.2 Å². The van der Waals surface area contributed by atoms with Gasteiger partial charge in [-0.1, -0.05) is 67.6 Å². The van der Waals surface area contributed by atoms with Crippen molar-refractivity contribution in [1.29, 1.82) is 0 Å². The highest BCUT2D eigenvalue weighted by Gasteiger charge is 2.36. The largest absolute Gasteiger partial charge is 0.342 e. The quantitative estimate of drug-likeness (QED) is 0.240. The summed E-state index contributed by atoms with van der Waals surface area (Å²) in [5, 5.41) is 8.28. The number of nitrogens with one attached hydrogen (secondary N) is 3. The maximum absolute atomic E-state index is 13.8. The van der Waals surface area contributed by atoms with E-state index in [-0.39, 0.29) is 43.0 Å². The number of piperidine rings is 1. The van der Waals surface area contributed by atoms with E-state index in [0.717, 1.165) is 24.0 Å². The van der Waals surface area contributed by atoms with Gasteiger partial charge in [-0.25, -0.2) is 4.98 Å². The van der Waals surface area contributed by atoms with Crippen LogP contribution < -0.4 is 21.7 Å². The van der Waals surface area contributed by atoms with Crippen molar-refractivity contribution in [3.8, 4) is 0 Å². The molecule has 0 aliphatic carbocycles. The van der Waals surface area contributed by atoms with Gasteiger partial charge in [-0.15, -0.1) is 24.8 Å². The molecular weight excluding hydrogens is 641 g/mol. The number of imidazole rings is 1. The molecule has 0 saturated carbocycles. The van der Waals surface area contributed by atoms with Crippen molar-refractivity contribution in [2.24, 2.45) is 11.7 Å². The lowest BCUT2D eigenvalue weighted by atomic mass is 9.97. The Kier molecular flexibility index (Phi) is 14.0. The van der Waals surface area contributed by atoms with Gasteiger partial charge in [-0.2, -0.15) is 0 Å². The Labute approximate surface area is 289 Å². The van der Waals surface area contributed by atoms with Crippen LogP contribution in [0.3, 0.4) is 0 Å². The molecule has 0 bridgehead atoms. The molecular formula is C34H47Cl2N7O4. The van der Waals surface area contributed by atoms with Crippen LogP contribution in [0.4, 0.5) is 5.82 Å². The van der Waals surface area contributed by atoms with E-state index < -0.39 is 40.9 Å². The molecule has 1 aliphatic rings. The van der Waals surface area contributed by atoms with Crippen molar-refractivity contribution in [2.45, 2.75) is 77.0 Å². The van der Waals surface area contributed by atoms with Crippen molar-refractivity contribution < 1.29 is 19.2 Å². The molecule has 1 unspecified atom stereocenters. The molecule has 5 N–H and O–H groups in total. The first-order valence-corrected chi connectivity index (χ1v) is 15.4. The molecule has 3 aromatic rings. The summed E-state index contributed by atoms with van der Waals surface area (Å²) in [6.45, 7) is 9.79. The normalized spacial score (nSPS) is 14.9. The molecule has 1 aromatic heterocycles. The van der Waals surface area contributed by atoms with Gasteiger partial charge in [0.25, 0.3) is 0 Å². The Morgan fingerprint density at radius 2 is 1.49 bits per heavy atom. The second-order valence-corrected chi connectivity index (χ2v) is 13.0. The summed E-state index contributed by atoms with van der Waals surface area (Å²) >= 11 is 0. The minimum Gasteiger partial charge on any atom is -0.342 e. The molecule has 0 radical (unpaired) electrons. The minimum atomic E-state index is -1.35. The van der Waals surface area contributed by atoms with E-state index in [1.54, 1.807) is 38.5 Å². The number of rotatable bonds is 11. The van der Waals surface area contributed by atoms with Crippen LogP contribution >= 0.6 is 24.8 Å². The number of aromatic nitrogens is 2. The summed E-state index contributed by atoms with van der Waals surface area (Å²) in [6, 6.07) is 17.2. The molecule has 0 spiro atoms. The molecule has 1 saturated heterocycles. The lowest BCUT2D eigenvalue weighted by Gasteiger charge is -2.33.